The fourth-order valence-electron chi connectivity index (χ4n) is 0.662. The Morgan fingerprint density at radius 2 is 1.38 bits per heavy atom. The SMILES string of the molecule is [Cl-].[Cl-].c1pp[nH][c]1[Zr+2][c]1cpp[nH]1. The molecule has 0 aliphatic rings. The van der Waals surface area contributed by atoms with Crippen molar-refractivity contribution in [3.63, 3.8) is 0 Å². The first kappa shape index (κ1) is 14.7. The number of nitrogens with one attached hydrogen (secondary N) is 2. The standard InChI is InChI=1S/2C2H2NP2.2ClH.Zr/c2*1-2-4-5-3-1;;;/h2*2-3H;2*1H;/q;;;;+2/p-2. The Morgan fingerprint density at radius 1 is 0.923 bits per heavy atom. The molecule has 0 saturated carbocycles. The van der Waals surface area contributed by atoms with E-state index in [1.165, 1.54) is 38.6 Å². The third kappa shape index (κ3) is 4.86. The molecular weight excluding hydrogens is 362 g/mol. The first-order valence-corrected chi connectivity index (χ1v) is 10.5. The molecule has 0 radical (unpaired) electrons. The van der Waals surface area contributed by atoms with E-state index >= 15 is 0 Å². The van der Waals surface area contributed by atoms with Gasteiger partial charge in [0.15, 0.2) is 0 Å². The molecule has 0 bridgehead atoms. The zero-order valence-electron chi connectivity index (χ0n) is 6.20. The van der Waals surface area contributed by atoms with Gasteiger partial charge in [-0.3, -0.25) is 0 Å². The summed E-state index contributed by atoms with van der Waals surface area (Å²) in [6.07, 6.45) is 0. The predicted octanol–water partition coefficient (Wildman–Crippen LogP) is -3.30. The molecule has 2 aromatic heterocycles. The Bertz CT molecular complexity index is 281. The Labute approximate surface area is 107 Å². The number of aromatic amines is 2. The van der Waals surface area contributed by atoms with Crippen molar-refractivity contribution in [1.29, 1.82) is 0 Å². The molecule has 0 aromatic carbocycles. The molecule has 0 aliphatic heterocycles. The molecule has 2 rings (SSSR count). The normalized spacial score (nSPS) is 10.5. The number of H-pyrrole nitrogens is 2. The predicted molar refractivity (Wildman–Crippen MR) is 50.9 cm³/mol. The first-order chi connectivity index (χ1) is 5.45. The second-order valence-electron chi connectivity index (χ2n) is 1.87. The quantitative estimate of drug-likeness (QED) is 0.559. The van der Waals surface area contributed by atoms with Crippen molar-refractivity contribution in [1.82, 2.24) is 9.49 Å². The van der Waals surface area contributed by atoms with Gasteiger partial charge < -0.3 is 24.8 Å². The Hall–Kier alpha value is 1.74. The van der Waals surface area contributed by atoms with Crippen molar-refractivity contribution in [2.24, 2.45) is 0 Å². The van der Waals surface area contributed by atoms with Crippen LogP contribution < -0.4 is 31.6 Å². The van der Waals surface area contributed by atoms with Crippen LogP contribution in [0.25, 0.3) is 0 Å². The molecule has 13 heavy (non-hydrogen) atoms. The van der Waals surface area contributed by atoms with E-state index in [4.69, 9.17) is 0 Å². The summed E-state index contributed by atoms with van der Waals surface area (Å²) in [5.41, 5.74) is 0. The molecule has 2 aromatic rings. The molecular formula is C4H4Cl2N2P4Zr. The topological polar surface area (TPSA) is 31.6 Å². The van der Waals surface area contributed by atoms with Gasteiger partial charge in [0.05, 0.1) is 0 Å². The molecule has 68 valence electrons. The van der Waals surface area contributed by atoms with Gasteiger partial charge in [0.1, 0.15) is 0 Å². The summed E-state index contributed by atoms with van der Waals surface area (Å²) in [6, 6.07) is 0. The van der Waals surface area contributed by atoms with Crippen LogP contribution in [0.2, 0.25) is 0 Å². The fraction of sp³-hybridized carbons (Fsp3) is 0. The maximum absolute atomic E-state index is 3.39. The summed E-state index contributed by atoms with van der Waals surface area (Å²) >= 11 is -0.437. The average molecular weight is 366 g/mol. The molecule has 0 unspecified atom stereocenters. The van der Waals surface area contributed by atoms with Crippen LogP contribution in [0.5, 0.6) is 0 Å². The van der Waals surface area contributed by atoms with E-state index in [1.54, 1.807) is 0 Å². The van der Waals surface area contributed by atoms with Crippen molar-refractivity contribution in [3.8, 4) is 0 Å². The molecule has 0 aliphatic carbocycles. The molecule has 0 amide bonds. The van der Waals surface area contributed by atoms with Crippen LogP contribution in [0.4, 0.5) is 0 Å². The number of halogens is 2. The van der Waals surface area contributed by atoms with Crippen LogP contribution in [-0.4, -0.2) is 9.49 Å². The van der Waals surface area contributed by atoms with Gasteiger partial charge in [-0.2, -0.15) is 0 Å². The van der Waals surface area contributed by atoms with Crippen molar-refractivity contribution < 1.29 is 48.0 Å². The molecule has 0 saturated heterocycles. The number of hydrogen-bond donors (Lipinski definition) is 2. The van der Waals surface area contributed by atoms with Crippen molar-refractivity contribution in [3.05, 3.63) is 11.6 Å². The van der Waals surface area contributed by atoms with Crippen LogP contribution in [0, 0.1) is 0 Å². The van der Waals surface area contributed by atoms with Gasteiger partial charge in [-0.15, -0.1) is 0 Å². The Kier molecular flexibility index (Phi) is 9.03. The van der Waals surface area contributed by atoms with E-state index in [0.717, 1.165) is 0 Å². The molecule has 0 atom stereocenters. The zero-order valence-corrected chi connectivity index (χ0v) is 13.7. The number of hydrogen-bond acceptors (Lipinski definition) is 0. The monoisotopic (exact) mass is 364 g/mol. The third-order valence-corrected chi connectivity index (χ3v) is 9.62. The molecule has 9 heteroatoms. The minimum absolute atomic E-state index is 0. The minimum atomic E-state index is -0.437. The Balaban J connectivity index is 0.000000720. The van der Waals surface area contributed by atoms with E-state index in [0.29, 0.717) is 0 Å². The van der Waals surface area contributed by atoms with Gasteiger partial charge in [0.25, 0.3) is 0 Å². The summed E-state index contributed by atoms with van der Waals surface area (Å²) in [4.78, 5) is 0. The summed E-state index contributed by atoms with van der Waals surface area (Å²) < 4.78 is 9.85. The summed E-state index contributed by atoms with van der Waals surface area (Å²) in [7, 11) is 5.54. The van der Waals surface area contributed by atoms with Crippen LogP contribution in [0.1, 0.15) is 0 Å². The van der Waals surface area contributed by atoms with Gasteiger partial charge in [0.2, 0.25) is 0 Å². The van der Waals surface area contributed by atoms with Crippen LogP contribution in [0.15, 0.2) is 11.6 Å². The molecule has 2 heterocycles. The van der Waals surface area contributed by atoms with E-state index in [2.05, 4.69) is 21.1 Å². The molecule has 2 nitrogen and oxygen atoms in total. The van der Waals surface area contributed by atoms with Gasteiger partial charge in [0, 0.05) is 0 Å². The second kappa shape index (κ2) is 7.96. The summed E-state index contributed by atoms with van der Waals surface area (Å²) in [5, 5.41) is 0. The van der Waals surface area contributed by atoms with E-state index in [9.17, 15) is 0 Å². The second-order valence-corrected chi connectivity index (χ2v) is 9.54. The van der Waals surface area contributed by atoms with Crippen molar-refractivity contribution >= 4 is 38.6 Å². The molecule has 0 fully saturated rings. The van der Waals surface area contributed by atoms with E-state index < -0.39 is 23.2 Å². The van der Waals surface area contributed by atoms with Gasteiger partial charge in [-0.25, -0.2) is 0 Å². The maximum atomic E-state index is 3.39. The van der Waals surface area contributed by atoms with E-state index in [1.807, 2.05) is 0 Å². The number of aromatic nitrogens is 2. The van der Waals surface area contributed by atoms with E-state index in [-0.39, 0.29) is 24.8 Å². The molecule has 2 N–H and O–H groups in total. The summed E-state index contributed by atoms with van der Waals surface area (Å²) in [5.74, 6) is 4.64. The molecule has 0 spiro atoms. The number of rotatable bonds is 2. The van der Waals surface area contributed by atoms with Crippen LogP contribution >= 0.6 is 31.8 Å². The first-order valence-electron chi connectivity index (χ1n) is 2.94. The van der Waals surface area contributed by atoms with Crippen LogP contribution in [0.3, 0.4) is 0 Å². The Morgan fingerprint density at radius 3 is 1.69 bits per heavy atom. The van der Waals surface area contributed by atoms with Gasteiger partial charge in [-0.05, 0) is 0 Å². The third-order valence-electron chi connectivity index (χ3n) is 1.10. The summed E-state index contributed by atoms with van der Waals surface area (Å²) in [6.45, 7) is 0. The van der Waals surface area contributed by atoms with Gasteiger partial charge >= 0.3 is 82.9 Å². The average Bonchev–Trinajstić information content (AvgIpc) is 2.60. The van der Waals surface area contributed by atoms with Crippen molar-refractivity contribution in [2.45, 2.75) is 0 Å². The van der Waals surface area contributed by atoms with Gasteiger partial charge in [-0.1, -0.05) is 0 Å². The van der Waals surface area contributed by atoms with Crippen molar-refractivity contribution in [2.75, 3.05) is 0 Å². The zero-order chi connectivity index (χ0) is 7.52. The van der Waals surface area contributed by atoms with Crippen LogP contribution in [-0.2, 0) is 23.2 Å². The fourth-order valence-corrected chi connectivity index (χ4v) is 11.3.